The van der Waals surface area contributed by atoms with E-state index in [0.717, 1.165) is 56.5 Å². The summed E-state index contributed by atoms with van der Waals surface area (Å²) in [7, 11) is 3.11. The summed E-state index contributed by atoms with van der Waals surface area (Å²) < 4.78 is 3.94. The predicted molar refractivity (Wildman–Crippen MR) is 202 cm³/mol. The van der Waals surface area contributed by atoms with E-state index in [2.05, 4.69) is 70.9 Å². The van der Waals surface area contributed by atoms with Crippen LogP contribution in [0.25, 0.3) is 34.2 Å². The SMILES string of the molecule is CCc1ccccc1-n1ncc(-c2nnn(Cc3ccccc3)n2)c1SSc1c(-c2nnn(Cc3ccccc3)n2)cnn1-c1ccccc1CC. The summed E-state index contributed by atoms with van der Waals surface area (Å²) in [6.45, 7) is 5.31. The lowest BCUT2D eigenvalue weighted by Gasteiger charge is -2.14. The van der Waals surface area contributed by atoms with Crippen LogP contribution in [-0.4, -0.2) is 60.0 Å². The van der Waals surface area contributed by atoms with Gasteiger partial charge < -0.3 is 0 Å². The van der Waals surface area contributed by atoms with Gasteiger partial charge in [0.2, 0.25) is 11.6 Å². The molecule has 8 rings (SSSR count). The Labute approximate surface area is 308 Å². The maximum absolute atomic E-state index is 4.90. The molecule has 0 radical (unpaired) electrons. The van der Waals surface area contributed by atoms with Crippen molar-refractivity contribution in [2.75, 3.05) is 0 Å². The monoisotopic (exact) mass is 722 g/mol. The van der Waals surface area contributed by atoms with E-state index in [1.54, 1.807) is 31.2 Å². The minimum Gasteiger partial charge on any atom is -0.225 e. The van der Waals surface area contributed by atoms with E-state index in [1.165, 1.54) is 11.1 Å². The van der Waals surface area contributed by atoms with Crippen molar-refractivity contribution in [1.82, 2.24) is 60.0 Å². The van der Waals surface area contributed by atoms with Crippen LogP contribution >= 0.6 is 21.6 Å². The van der Waals surface area contributed by atoms with Gasteiger partial charge in [0, 0.05) is 0 Å². The second kappa shape index (κ2) is 15.2. The molecule has 4 aromatic heterocycles. The Morgan fingerprint density at radius 2 is 0.904 bits per heavy atom. The van der Waals surface area contributed by atoms with Gasteiger partial charge in [0.15, 0.2) is 0 Å². The van der Waals surface area contributed by atoms with Crippen LogP contribution in [0, 0.1) is 0 Å². The van der Waals surface area contributed by atoms with Crippen LogP contribution in [0.3, 0.4) is 0 Å². The van der Waals surface area contributed by atoms with Crippen LogP contribution in [0.5, 0.6) is 0 Å². The molecule has 52 heavy (non-hydrogen) atoms. The molecule has 12 nitrogen and oxygen atoms in total. The lowest BCUT2D eigenvalue weighted by molar-refractivity contribution is 0.573. The number of rotatable bonds is 13. The van der Waals surface area contributed by atoms with Gasteiger partial charge in [-0.15, -0.1) is 20.4 Å². The average molecular weight is 723 g/mol. The third-order valence-corrected chi connectivity index (χ3v) is 11.0. The highest BCUT2D eigenvalue weighted by Gasteiger charge is 2.25. The molecule has 0 unspecified atom stereocenters. The molecule has 14 heteroatoms. The fourth-order valence-electron chi connectivity index (χ4n) is 5.93. The first-order valence-corrected chi connectivity index (χ1v) is 19.1. The minimum absolute atomic E-state index is 0.495. The summed E-state index contributed by atoms with van der Waals surface area (Å²) in [4.78, 5) is 3.23. The summed E-state index contributed by atoms with van der Waals surface area (Å²) in [6, 6.07) is 36.8. The van der Waals surface area contributed by atoms with Crippen molar-refractivity contribution >= 4 is 21.6 Å². The normalized spacial score (nSPS) is 11.3. The van der Waals surface area contributed by atoms with Crippen LogP contribution in [0.1, 0.15) is 36.1 Å². The van der Waals surface area contributed by atoms with Gasteiger partial charge >= 0.3 is 0 Å². The Bertz CT molecular complexity index is 2240. The van der Waals surface area contributed by atoms with Crippen molar-refractivity contribution in [2.45, 2.75) is 49.8 Å². The number of benzene rings is 4. The lowest BCUT2D eigenvalue weighted by atomic mass is 10.1. The third-order valence-electron chi connectivity index (χ3n) is 8.57. The van der Waals surface area contributed by atoms with E-state index in [0.29, 0.717) is 24.7 Å². The number of hydrogen-bond acceptors (Lipinski definition) is 10. The number of aromatic nitrogens is 12. The molecule has 0 spiro atoms. The number of aryl methyl sites for hydroxylation is 2. The fourth-order valence-corrected chi connectivity index (χ4v) is 8.42. The van der Waals surface area contributed by atoms with Gasteiger partial charge in [-0.25, -0.2) is 9.36 Å². The molecular weight excluding hydrogens is 689 g/mol. The van der Waals surface area contributed by atoms with Gasteiger partial charge in [0.25, 0.3) is 0 Å². The fraction of sp³-hybridized carbons (Fsp3) is 0.158. The predicted octanol–water partition coefficient (Wildman–Crippen LogP) is 7.39. The zero-order valence-corrected chi connectivity index (χ0v) is 30.2. The summed E-state index contributed by atoms with van der Waals surface area (Å²) in [5.41, 5.74) is 8.06. The third kappa shape index (κ3) is 6.90. The van der Waals surface area contributed by atoms with Crippen LogP contribution < -0.4 is 0 Å². The van der Waals surface area contributed by atoms with Crippen molar-refractivity contribution in [3.8, 4) is 34.2 Å². The van der Waals surface area contributed by atoms with E-state index >= 15 is 0 Å². The molecule has 0 amide bonds. The molecule has 0 bridgehead atoms. The maximum atomic E-state index is 4.90. The van der Waals surface area contributed by atoms with Gasteiger partial charge in [-0.2, -0.15) is 19.8 Å². The van der Waals surface area contributed by atoms with Crippen LogP contribution in [0.15, 0.2) is 132 Å². The standard InChI is InChI=1S/C38H34N12S2/c1-3-29-19-11-13-21-33(29)49-37(31(23-39-49)35-41-45-47(43-35)25-27-15-7-5-8-16-27)51-52-38-32(24-40-50(38)34-22-14-12-20-30(34)4-2)36-42-46-48(44-36)26-28-17-9-6-10-18-28/h5-24H,3-4,25-26H2,1-2H3. The van der Waals surface area contributed by atoms with Crippen molar-refractivity contribution in [3.63, 3.8) is 0 Å². The minimum atomic E-state index is 0.495. The number of tetrazole rings is 2. The topological polar surface area (TPSA) is 123 Å². The van der Waals surface area contributed by atoms with Gasteiger partial charge in [-0.3, -0.25) is 0 Å². The lowest BCUT2D eigenvalue weighted by Crippen LogP contribution is -2.04. The molecule has 0 saturated carbocycles. The zero-order chi connectivity index (χ0) is 35.3. The summed E-state index contributed by atoms with van der Waals surface area (Å²) in [5, 5.41) is 38.9. The Morgan fingerprint density at radius 1 is 0.500 bits per heavy atom. The smallest absolute Gasteiger partial charge is 0.209 e. The molecule has 0 fully saturated rings. The number of nitrogens with zero attached hydrogens (tertiary/aromatic N) is 12. The number of hydrogen-bond donors (Lipinski definition) is 0. The molecular formula is C38H34N12S2. The van der Waals surface area contributed by atoms with Crippen molar-refractivity contribution < 1.29 is 0 Å². The molecule has 4 aromatic carbocycles. The molecule has 0 N–H and O–H groups in total. The van der Waals surface area contributed by atoms with E-state index in [9.17, 15) is 0 Å². The number of para-hydroxylation sites is 2. The summed E-state index contributed by atoms with van der Waals surface area (Å²) in [5.74, 6) is 0.990. The zero-order valence-electron chi connectivity index (χ0n) is 28.6. The molecule has 0 aliphatic rings. The molecule has 4 heterocycles. The van der Waals surface area contributed by atoms with Gasteiger partial charge in [-0.05, 0) is 79.2 Å². The Balaban J connectivity index is 1.20. The summed E-state index contributed by atoms with van der Waals surface area (Å²) >= 11 is 0. The van der Waals surface area contributed by atoms with E-state index in [-0.39, 0.29) is 0 Å². The van der Waals surface area contributed by atoms with Crippen molar-refractivity contribution in [1.29, 1.82) is 0 Å². The van der Waals surface area contributed by atoms with Crippen LogP contribution in [-0.2, 0) is 25.9 Å². The Hall–Kier alpha value is -5.86. The molecule has 8 aromatic rings. The first kappa shape index (κ1) is 33.3. The molecule has 258 valence electrons. The van der Waals surface area contributed by atoms with Crippen molar-refractivity contribution in [3.05, 3.63) is 144 Å². The second-order valence-electron chi connectivity index (χ2n) is 11.9. The second-order valence-corrected chi connectivity index (χ2v) is 14.0. The van der Waals surface area contributed by atoms with Gasteiger partial charge in [0.1, 0.15) is 10.1 Å². The highest BCUT2D eigenvalue weighted by Crippen LogP contribution is 2.46. The average Bonchev–Trinajstić information content (AvgIpc) is 4.02. The molecule has 0 saturated heterocycles. The van der Waals surface area contributed by atoms with Gasteiger partial charge in [-0.1, -0.05) is 111 Å². The van der Waals surface area contributed by atoms with Crippen LogP contribution in [0.4, 0.5) is 0 Å². The van der Waals surface area contributed by atoms with E-state index in [1.807, 2.05) is 94.6 Å². The summed E-state index contributed by atoms with van der Waals surface area (Å²) in [6.07, 6.45) is 5.34. The van der Waals surface area contributed by atoms with E-state index < -0.39 is 0 Å². The Kier molecular flexibility index (Phi) is 9.71. The highest BCUT2D eigenvalue weighted by molar-refractivity contribution is 8.76. The van der Waals surface area contributed by atoms with Crippen molar-refractivity contribution in [2.24, 2.45) is 0 Å². The molecule has 0 aliphatic heterocycles. The largest absolute Gasteiger partial charge is 0.225 e. The van der Waals surface area contributed by atoms with Crippen LogP contribution in [0.2, 0.25) is 0 Å². The molecule has 0 atom stereocenters. The first-order chi connectivity index (χ1) is 25.7. The maximum Gasteiger partial charge on any atom is 0.209 e. The highest BCUT2D eigenvalue weighted by atomic mass is 33.1. The Morgan fingerprint density at radius 3 is 1.33 bits per heavy atom. The molecule has 0 aliphatic carbocycles. The van der Waals surface area contributed by atoms with Gasteiger partial charge in [0.05, 0.1) is 48.0 Å². The van der Waals surface area contributed by atoms with E-state index in [4.69, 9.17) is 20.4 Å². The first-order valence-electron chi connectivity index (χ1n) is 17.0. The quantitative estimate of drug-likeness (QED) is 0.111.